The fourth-order valence-electron chi connectivity index (χ4n) is 5.86. The Morgan fingerprint density at radius 2 is 1.61 bits per heavy atom. The number of hydrogen-bond donors (Lipinski definition) is 1. The number of alkyl halides is 3. The van der Waals surface area contributed by atoms with Gasteiger partial charge >= 0.3 is 6.36 Å². The molecule has 2 aliphatic heterocycles. The van der Waals surface area contributed by atoms with Crippen LogP contribution in [-0.2, 0) is 0 Å². The number of halogens is 5. The minimum Gasteiger partial charge on any atom is -0.406 e. The first-order valence-electron chi connectivity index (χ1n) is 11.9. The second-order valence-corrected chi connectivity index (χ2v) is 9.61. The van der Waals surface area contributed by atoms with Crippen LogP contribution in [0.4, 0.5) is 13.2 Å². The third-order valence-electron chi connectivity index (χ3n) is 7.52. The minimum atomic E-state index is -4.71. The maximum Gasteiger partial charge on any atom is 0.573 e. The number of aliphatic hydroxyl groups is 1. The molecule has 1 aliphatic carbocycles. The summed E-state index contributed by atoms with van der Waals surface area (Å²) in [4.78, 5) is 5.02. The zero-order valence-electron chi connectivity index (χ0n) is 19.1. The highest BCUT2D eigenvalue weighted by Crippen LogP contribution is 2.42. The first-order valence-corrected chi connectivity index (χ1v) is 11.9. The van der Waals surface area contributed by atoms with Crippen LogP contribution in [0.2, 0.25) is 0 Å². The van der Waals surface area contributed by atoms with Gasteiger partial charge in [-0.1, -0.05) is 31.4 Å². The van der Waals surface area contributed by atoms with E-state index in [1.54, 1.807) is 6.07 Å². The lowest BCUT2D eigenvalue weighted by molar-refractivity contribution is -0.274. The number of rotatable bonds is 6. The van der Waals surface area contributed by atoms with Crippen LogP contribution >= 0.6 is 24.8 Å². The van der Waals surface area contributed by atoms with Gasteiger partial charge in [0.1, 0.15) is 5.75 Å². The van der Waals surface area contributed by atoms with Crippen LogP contribution in [0.15, 0.2) is 24.3 Å². The number of hydrogen-bond acceptors (Lipinski definition) is 4. The summed E-state index contributed by atoms with van der Waals surface area (Å²) in [6, 6.07) is 6.91. The van der Waals surface area contributed by atoms with Gasteiger partial charge < -0.3 is 19.6 Å². The molecule has 9 heteroatoms. The molecule has 0 radical (unpaired) electrons. The van der Waals surface area contributed by atoms with E-state index in [0.717, 1.165) is 50.8 Å². The topological polar surface area (TPSA) is 35.9 Å². The molecule has 190 valence electrons. The van der Waals surface area contributed by atoms with Gasteiger partial charge in [-0.15, -0.1) is 38.0 Å². The van der Waals surface area contributed by atoms with Crippen molar-refractivity contribution in [2.45, 2.75) is 81.7 Å². The smallest absolute Gasteiger partial charge is 0.406 e. The Hall–Kier alpha value is -0.730. The minimum absolute atomic E-state index is 0. The second-order valence-electron chi connectivity index (χ2n) is 9.61. The van der Waals surface area contributed by atoms with Gasteiger partial charge in [0.05, 0.1) is 5.60 Å². The van der Waals surface area contributed by atoms with E-state index >= 15 is 0 Å². The van der Waals surface area contributed by atoms with Crippen molar-refractivity contribution in [2.75, 3.05) is 32.7 Å². The summed E-state index contributed by atoms with van der Waals surface area (Å²) in [7, 11) is 0. The number of likely N-dealkylation sites (tertiary alicyclic amines) is 2. The van der Waals surface area contributed by atoms with Crippen LogP contribution in [0.3, 0.4) is 0 Å². The molecule has 4 rings (SSSR count). The maximum atomic E-state index is 12.8. The van der Waals surface area contributed by atoms with Crippen LogP contribution < -0.4 is 4.74 Å². The quantitative estimate of drug-likeness (QED) is 0.524. The highest BCUT2D eigenvalue weighted by Gasteiger charge is 2.41. The van der Waals surface area contributed by atoms with Gasteiger partial charge in [-0.2, -0.15) is 0 Å². The van der Waals surface area contributed by atoms with E-state index in [1.807, 2.05) is 6.07 Å². The van der Waals surface area contributed by atoms with Crippen molar-refractivity contribution < 1.29 is 23.0 Å². The lowest BCUT2D eigenvalue weighted by Gasteiger charge is -2.44. The molecule has 1 atom stereocenters. The Labute approximate surface area is 207 Å². The summed E-state index contributed by atoms with van der Waals surface area (Å²) in [5.74, 6) is -0.421. The molecule has 33 heavy (non-hydrogen) atoms. The van der Waals surface area contributed by atoms with Crippen molar-refractivity contribution in [1.82, 2.24) is 9.80 Å². The van der Waals surface area contributed by atoms with Crippen molar-refractivity contribution in [1.29, 1.82) is 0 Å². The van der Waals surface area contributed by atoms with Crippen LogP contribution in [0.25, 0.3) is 0 Å². The second kappa shape index (κ2) is 12.3. The molecule has 3 fully saturated rings. The lowest BCUT2D eigenvalue weighted by Crippen LogP contribution is -2.48. The van der Waals surface area contributed by atoms with E-state index in [-0.39, 0.29) is 36.5 Å². The summed E-state index contributed by atoms with van der Waals surface area (Å²) in [5, 5.41) is 11.6. The predicted octanol–water partition coefficient (Wildman–Crippen LogP) is 5.77. The van der Waals surface area contributed by atoms with Gasteiger partial charge in [-0.25, -0.2) is 0 Å². The van der Waals surface area contributed by atoms with Crippen LogP contribution in [0, 0.1) is 0 Å². The Morgan fingerprint density at radius 1 is 0.970 bits per heavy atom. The Balaban J connectivity index is 0.00000193. The third-order valence-corrected chi connectivity index (χ3v) is 7.52. The fraction of sp³-hybridized carbons (Fsp3) is 0.750. The van der Waals surface area contributed by atoms with Gasteiger partial charge in [0, 0.05) is 18.5 Å². The summed E-state index contributed by atoms with van der Waals surface area (Å²) >= 11 is 0. The Morgan fingerprint density at radius 3 is 2.21 bits per heavy atom. The van der Waals surface area contributed by atoms with Crippen molar-refractivity contribution in [3.63, 3.8) is 0 Å². The summed E-state index contributed by atoms with van der Waals surface area (Å²) in [6.45, 7) is 5.05. The highest BCUT2D eigenvalue weighted by molar-refractivity contribution is 5.85. The molecular weight excluding hydrogens is 476 g/mol. The molecule has 1 saturated carbocycles. The van der Waals surface area contributed by atoms with Crippen LogP contribution in [-0.4, -0.2) is 65.6 Å². The summed E-state index contributed by atoms with van der Waals surface area (Å²) < 4.78 is 42.4. The zero-order valence-corrected chi connectivity index (χ0v) is 20.7. The molecular formula is C24H37Cl2F3N2O2. The molecule has 0 spiro atoms. The number of nitrogens with zero attached hydrogens (tertiary/aromatic N) is 2. The van der Waals surface area contributed by atoms with E-state index in [1.165, 1.54) is 38.1 Å². The molecule has 1 aromatic rings. The van der Waals surface area contributed by atoms with E-state index in [0.29, 0.717) is 25.4 Å². The Bertz CT molecular complexity index is 718. The van der Waals surface area contributed by atoms with E-state index in [9.17, 15) is 18.3 Å². The molecule has 0 aromatic heterocycles. The average Bonchev–Trinajstić information content (AvgIpc) is 3.27. The van der Waals surface area contributed by atoms with Gasteiger partial charge in [-0.05, 0) is 82.4 Å². The van der Waals surface area contributed by atoms with Gasteiger partial charge in [0.2, 0.25) is 0 Å². The number of benzene rings is 1. The van der Waals surface area contributed by atoms with E-state index < -0.39 is 12.0 Å². The van der Waals surface area contributed by atoms with Gasteiger partial charge in [0.25, 0.3) is 0 Å². The molecule has 1 N–H and O–H groups in total. The highest BCUT2D eigenvalue weighted by atomic mass is 35.5. The number of piperidine rings is 1. The lowest BCUT2D eigenvalue weighted by atomic mass is 9.72. The van der Waals surface area contributed by atoms with Crippen LogP contribution in [0.5, 0.6) is 5.75 Å². The number of ether oxygens (including phenoxy) is 1. The van der Waals surface area contributed by atoms with Gasteiger partial charge in [0.15, 0.2) is 0 Å². The van der Waals surface area contributed by atoms with Crippen molar-refractivity contribution in [3.8, 4) is 5.75 Å². The third kappa shape index (κ3) is 7.63. The van der Waals surface area contributed by atoms with Gasteiger partial charge in [-0.3, -0.25) is 0 Å². The largest absolute Gasteiger partial charge is 0.573 e. The SMILES string of the molecule is Cl.Cl.OC1(C(CN2CCC(N3CCCC3)CC2)c2cccc(OC(F)(F)F)c2)CCCCC1. The summed E-state index contributed by atoms with van der Waals surface area (Å²) in [5.41, 5.74) is -0.131. The maximum absolute atomic E-state index is 12.8. The standard InChI is InChI=1S/C24H35F3N2O2.2ClH/c25-24(26,27)31-21-8-6-7-19(17-21)22(23(30)11-2-1-3-12-23)18-28-15-9-20(10-16-28)29-13-4-5-14-29;;/h6-8,17,20,22,30H,1-5,9-16,18H2;2*1H. The zero-order chi connectivity index (χ0) is 21.9. The van der Waals surface area contributed by atoms with Crippen molar-refractivity contribution in [3.05, 3.63) is 29.8 Å². The molecule has 0 bridgehead atoms. The normalized spacial score (nSPS) is 23.4. The molecule has 1 aromatic carbocycles. The first kappa shape index (κ1) is 28.5. The average molecular weight is 513 g/mol. The Kier molecular flexibility index (Phi) is 10.6. The monoisotopic (exact) mass is 512 g/mol. The van der Waals surface area contributed by atoms with Crippen LogP contribution in [0.1, 0.15) is 69.3 Å². The molecule has 0 amide bonds. The van der Waals surface area contributed by atoms with Crippen molar-refractivity contribution >= 4 is 24.8 Å². The molecule has 2 heterocycles. The molecule has 1 unspecified atom stereocenters. The first-order chi connectivity index (χ1) is 14.8. The van der Waals surface area contributed by atoms with Crippen molar-refractivity contribution in [2.24, 2.45) is 0 Å². The van der Waals surface area contributed by atoms with E-state index in [4.69, 9.17) is 0 Å². The molecule has 4 nitrogen and oxygen atoms in total. The predicted molar refractivity (Wildman–Crippen MR) is 129 cm³/mol. The summed E-state index contributed by atoms with van der Waals surface area (Å²) in [6.07, 6.45) is 4.56. The van der Waals surface area contributed by atoms with E-state index in [2.05, 4.69) is 14.5 Å². The molecule has 3 aliphatic rings. The fourth-order valence-corrected chi connectivity index (χ4v) is 5.86. The molecule has 2 saturated heterocycles.